The summed E-state index contributed by atoms with van der Waals surface area (Å²) in [6.07, 6.45) is -3.50. The quantitative estimate of drug-likeness (QED) is 0.855. The zero-order valence-electron chi connectivity index (χ0n) is 9.91. The number of nitrogens with one attached hydrogen (secondary N) is 1. The van der Waals surface area contributed by atoms with E-state index in [1.54, 1.807) is 4.90 Å². The van der Waals surface area contributed by atoms with Crippen molar-refractivity contribution in [3.8, 4) is 0 Å². The maximum absolute atomic E-state index is 12.3. The molecule has 2 rings (SSSR count). The molecule has 1 aromatic rings. The van der Waals surface area contributed by atoms with Crippen molar-refractivity contribution in [3.63, 3.8) is 0 Å². The molecule has 19 heavy (non-hydrogen) atoms. The van der Waals surface area contributed by atoms with Gasteiger partial charge in [0.05, 0.1) is 5.56 Å². The molecule has 0 bridgehead atoms. The molecule has 1 aromatic heterocycles. The van der Waals surface area contributed by atoms with Crippen LogP contribution in [0.25, 0.3) is 0 Å². The predicted octanol–water partition coefficient (Wildman–Crippen LogP) is 1.57. The number of carbonyl (C=O) groups is 1. The van der Waals surface area contributed by atoms with E-state index in [0.29, 0.717) is 26.2 Å². The van der Waals surface area contributed by atoms with Crippen LogP contribution in [-0.4, -0.2) is 42.0 Å². The lowest BCUT2D eigenvalue weighted by Crippen LogP contribution is -2.46. The van der Waals surface area contributed by atoms with E-state index in [4.69, 9.17) is 0 Å². The minimum atomic E-state index is -4.48. The zero-order chi connectivity index (χ0) is 13.2. The van der Waals surface area contributed by atoms with E-state index in [2.05, 4.69) is 10.3 Å². The summed E-state index contributed by atoms with van der Waals surface area (Å²) in [6, 6.07) is 2.00. The van der Waals surface area contributed by atoms with Crippen molar-refractivity contribution in [3.05, 3.63) is 29.6 Å². The van der Waals surface area contributed by atoms with Gasteiger partial charge in [0.1, 0.15) is 5.69 Å². The molecule has 0 spiro atoms. The first-order valence-corrected chi connectivity index (χ1v) is 5.52. The molecule has 4 nitrogen and oxygen atoms in total. The van der Waals surface area contributed by atoms with E-state index in [9.17, 15) is 18.0 Å². The van der Waals surface area contributed by atoms with Crippen LogP contribution >= 0.6 is 12.4 Å². The van der Waals surface area contributed by atoms with Gasteiger partial charge in [-0.1, -0.05) is 0 Å². The van der Waals surface area contributed by atoms with Crippen LogP contribution < -0.4 is 5.32 Å². The van der Waals surface area contributed by atoms with E-state index in [1.165, 1.54) is 6.07 Å². The number of piperazine rings is 1. The highest BCUT2D eigenvalue weighted by molar-refractivity contribution is 5.94. The Kier molecular flexibility index (Phi) is 5.13. The third-order valence-electron chi connectivity index (χ3n) is 2.71. The fourth-order valence-electron chi connectivity index (χ4n) is 1.74. The smallest absolute Gasteiger partial charge is 0.336 e. The summed E-state index contributed by atoms with van der Waals surface area (Å²) in [5, 5.41) is 3.09. The Hall–Kier alpha value is -1.34. The topological polar surface area (TPSA) is 45.2 Å². The predicted molar refractivity (Wildman–Crippen MR) is 65.3 cm³/mol. The van der Waals surface area contributed by atoms with E-state index in [0.717, 1.165) is 12.3 Å². The van der Waals surface area contributed by atoms with E-state index in [-0.39, 0.29) is 23.9 Å². The summed E-state index contributed by atoms with van der Waals surface area (Å²) in [7, 11) is 0. The molecule has 1 aliphatic heterocycles. The maximum atomic E-state index is 12.3. The molecule has 8 heteroatoms. The summed E-state index contributed by atoms with van der Waals surface area (Å²) in [5.41, 5.74) is -0.802. The van der Waals surface area contributed by atoms with Crippen molar-refractivity contribution in [1.29, 1.82) is 0 Å². The summed E-state index contributed by atoms with van der Waals surface area (Å²) in [6.45, 7) is 2.50. The number of hydrogen-bond acceptors (Lipinski definition) is 3. The molecule has 0 aliphatic carbocycles. The molecule has 1 N–H and O–H groups in total. The minimum absolute atomic E-state index is 0. The highest BCUT2D eigenvalue weighted by atomic mass is 35.5. The van der Waals surface area contributed by atoms with Crippen LogP contribution in [0.4, 0.5) is 13.2 Å². The Morgan fingerprint density at radius 1 is 1.26 bits per heavy atom. The first-order valence-electron chi connectivity index (χ1n) is 5.52. The molecular formula is C11H13ClF3N3O. The molecule has 0 atom stereocenters. The largest absolute Gasteiger partial charge is 0.433 e. The molecule has 0 unspecified atom stereocenters. The molecule has 1 amide bonds. The molecule has 106 valence electrons. The van der Waals surface area contributed by atoms with E-state index < -0.39 is 11.9 Å². The lowest BCUT2D eigenvalue weighted by molar-refractivity contribution is -0.141. The Morgan fingerprint density at radius 3 is 2.37 bits per heavy atom. The lowest BCUT2D eigenvalue weighted by atomic mass is 10.2. The van der Waals surface area contributed by atoms with Crippen molar-refractivity contribution in [2.24, 2.45) is 0 Å². The molecule has 0 aromatic carbocycles. The summed E-state index contributed by atoms with van der Waals surface area (Å²) in [4.78, 5) is 16.8. The van der Waals surface area contributed by atoms with Gasteiger partial charge in [0.2, 0.25) is 0 Å². The summed E-state index contributed by atoms with van der Waals surface area (Å²) >= 11 is 0. The number of amides is 1. The van der Waals surface area contributed by atoms with E-state index >= 15 is 0 Å². The molecule has 0 saturated carbocycles. The van der Waals surface area contributed by atoms with Gasteiger partial charge in [-0.3, -0.25) is 9.78 Å². The second-order valence-electron chi connectivity index (χ2n) is 3.97. The first kappa shape index (κ1) is 15.7. The third-order valence-corrected chi connectivity index (χ3v) is 2.71. The van der Waals surface area contributed by atoms with Gasteiger partial charge in [0.15, 0.2) is 0 Å². The SMILES string of the molecule is Cl.O=C(c1ccc(C(F)(F)F)nc1)N1CCNCC1. The van der Waals surface area contributed by atoms with Crippen LogP contribution in [0.15, 0.2) is 18.3 Å². The van der Waals surface area contributed by atoms with Gasteiger partial charge in [0, 0.05) is 32.4 Å². The van der Waals surface area contributed by atoms with Crippen molar-refractivity contribution in [2.45, 2.75) is 6.18 Å². The number of halogens is 4. The number of carbonyl (C=O) groups excluding carboxylic acids is 1. The van der Waals surface area contributed by atoms with Gasteiger partial charge in [-0.05, 0) is 12.1 Å². The number of pyridine rings is 1. The van der Waals surface area contributed by atoms with Crippen LogP contribution in [-0.2, 0) is 6.18 Å². The third kappa shape index (κ3) is 3.81. The second-order valence-corrected chi connectivity index (χ2v) is 3.97. The normalized spacial score (nSPS) is 15.8. The van der Waals surface area contributed by atoms with Crippen molar-refractivity contribution < 1.29 is 18.0 Å². The van der Waals surface area contributed by atoms with Crippen molar-refractivity contribution in [2.75, 3.05) is 26.2 Å². The first-order chi connectivity index (χ1) is 8.48. The summed E-state index contributed by atoms with van der Waals surface area (Å²) < 4.78 is 36.9. The van der Waals surface area contributed by atoms with E-state index in [1.807, 2.05) is 0 Å². The zero-order valence-corrected chi connectivity index (χ0v) is 10.7. The number of aromatic nitrogens is 1. The van der Waals surface area contributed by atoms with Gasteiger partial charge >= 0.3 is 6.18 Å². The Balaban J connectivity index is 0.00000180. The van der Waals surface area contributed by atoms with Crippen LogP contribution in [0.3, 0.4) is 0 Å². The number of rotatable bonds is 1. The number of hydrogen-bond donors (Lipinski definition) is 1. The number of alkyl halides is 3. The van der Waals surface area contributed by atoms with Gasteiger partial charge in [-0.2, -0.15) is 13.2 Å². The average Bonchev–Trinajstić information content (AvgIpc) is 2.38. The second kappa shape index (κ2) is 6.21. The molecule has 1 aliphatic rings. The Labute approximate surface area is 114 Å². The van der Waals surface area contributed by atoms with Crippen molar-refractivity contribution in [1.82, 2.24) is 15.2 Å². The molecule has 2 heterocycles. The standard InChI is InChI=1S/C11H12F3N3O.ClH/c12-11(13,14)9-2-1-8(7-16-9)10(18)17-5-3-15-4-6-17;/h1-2,7,15H,3-6H2;1H. The van der Waals surface area contributed by atoms with Gasteiger partial charge < -0.3 is 10.2 Å². The monoisotopic (exact) mass is 295 g/mol. The molecule has 0 radical (unpaired) electrons. The minimum Gasteiger partial charge on any atom is -0.336 e. The fourth-order valence-corrected chi connectivity index (χ4v) is 1.74. The Morgan fingerprint density at radius 2 is 1.89 bits per heavy atom. The average molecular weight is 296 g/mol. The lowest BCUT2D eigenvalue weighted by Gasteiger charge is -2.27. The molecule has 1 saturated heterocycles. The van der Waals surface area contributed by atoms with Gasteiger partial charge in [0.25, 0.3) is 5.91 Å². The Bertz CT molecular complexity index is 430. The van der Waals surface area contributed by atoms with Crippen LogP contribution in [0.2, 0.25) is 0 Å². The highest BCUT2D eigenvalue weighted by Gasteiger charge is 2.32. The summed E-state index contributed by atoms with van der Waals surface area (Å²) in [5.74, 6) is -0.280. The van der Waals surface area contributed by atoms with Gasteiger partial charge in [-0.15, -0.1) is 12.4 Å². The molecular weight excluding hydrogens is 283 g/mol. The van der Waals surface area contributed by atoms with Crippen LogP contribution in [0, 0.1) is 0 Å². The van der Waals surface area contributed by atoms with Crippen LogP contribution in [0.1, 0.15) is 16.1 Å². The highest BCUT2D eigenvalue weighted by Crippen LogP contribution is 2.27. The number of nitrogens with zero attached hydrogens (tertiary/aromatic N) is 2. The molecule has 1 fully saturated rings. The fraction of sp³-hybridized carbons (Fsp3) is 0.455. The maximum Gasteiger partial charge on any atom is 0.433 e. The van der Waals surface area contributed by atoms with Crippen molar-refractivity contribution >= 4 is 18.3 Å². The van der Waals surface area contributed by atoms with Crippen LogP contribution in [0.5, 0.6) is 0 Å². The van der Waals surface area contributed by atoms with Gasteiger partial charge in [-0.25, -0.2) is 0 Å².